The number of unbranched alkanes of at least 4 members (excludes halogenated alkanes) is 1. The molecule has 3 amide bonds. The van der Waals surface area contributed by atoms with Gasteiger partial charge in [0.2, 0.25) is 17.7 Å². The van der Waals surface area contributed by atoms with E-state index in [1.807, 2.05) is 6.92 Å². The van der Waals surface area contributed by atoms with Crippen LogP contribution in [0.5, 0.6) is 0 Å². The van der Waals surface area contributed by atoms with E-state index in [2.05, 4.69) is 25.9 Å². The third-order valence-electron chi connectivity index (χ3n) is 8.35. The maximum absolute atomic E-state index is 13.0. The van der Waals surface area contributed by atoms with Gasteiger partial charge in [-0.1, -0.05) is 6.42 Å². The van der Waals surface area contributed by atoms with Crippen molar-refractivity contribution in [2.24, 2.45) is 11.7 Å². The van der Waals surface area contributed by atoms with Gasteiger partial charge in [0, 0.05) is 63.3 Å². The second kappa shape index (κ2) is 29.9. The van der Waals surface area contributed by atoms with Gasteiger partial charge in [0.15, 0.2) is 11.8 Å². The predicted octanol–water partition coefficient (Wildman–Crippen LogP) is -0.733. The number of nitrogens with two attached hydrogens (primary N) is 1. The molecule has 1 aromatic rings. The molecule has 5 atom stereocenters. The number of nitrogens with zero attached hydrogens (tertiary/aromatic N) is 1. The zero-order valence-electron chi connectivity index (χ0n) is 32.3. The SMILES string of the molecule is CCOCCOCC(=O)CCCOCCOCC(=O)N[C@@H](CCC(=O)NCCCC[C@H](CCC(=O)[C@@H](N)Cc1cnc[nH]1)C(=O)NC(C(=O)O)[C@@H](C)O)C(=O)O. The number of imidazole rings is 1. The van der Waals surface area contributed by atoms with Crippen LogP contribution < -0.4 is 21.7 Å². The van der Waals surface area contributed by atoms with Gasteiger partial charge in [-0.2, -0.15) is 0 Å². The van der Waals surface area contributed by atoms with Gasteiger partial charge in [-0.3, -0.25) is 24.0 Å². The van der Waals surface area contributed by atoms with Crippen molar-refractivity contribution in [3.63, 3.8) is 0 Å². The number of carboxylic acid groups (broad SMARTS) is 2. The number of carboxylic acids is 2. The molecule has 318 valence electrons. The Morgan fingerprint density at radius 1 is 0.804 bits per heavy atom. The van der Waals surface area contributed by atoms with Gasteiger partial charge in [0.05, 0.1) is 44.9 Å². The molecule has 1 rings (SSSR count). The normalized spacial score (nSPS) is 13.9. The van der Waals surface area contributed by atoms with Crippen molar-refractivity contribution in [1.29, 1.82) is 0 Å². The summed E-state index contributed by atoms with van der Waals surface area (Å²) in [5, 5.41) is 36.0. The molecule has 1 heterocycles. The highest BCUT2D eigenvalue weighted by molar-refractivity contribution is 5.87. The Balaban J connectivity index is 2.38. The van der Waals surface area contributed by atoms with E-state index >= 15 is 0 Å². The van der Waals surface area contributed by atoms with Crippen LogP contribution >= 0.6 is 0 Å². The van der Waals surface area contributed by atoms with Gasteiger partial charge in [0.1, 0.15) is 25.0 Å². The predicted molar refractivity (Wildman–Crippen MR) is 198 cm³/mol. The second-order valence-corrected chi connectivity index (χ2v) is 13.1. The third-order valence-corrected chi connectivity index (χ3v) is 8.35. The molecular weight excluding hydrogens is 740 g/mol. The van der Waals surface area contributed by atoms with Crippen LogP contribution in [0.2, 0.25) is 0 Å². The molecule has 0 aliphatic carbocycles. The summed E-state index contributed by atoms with van der Waals surface area (Å²) in [7, 11) is 0. The van der Waals surface area contributed by atoms with E-state index in [1.54, 1.807) is 6.20 Å². The molecule has 20 nitrogen and oxygen atoms in total. The number of aliphatic carboxylic acids is 2. The molecule has 0 aliphatic heterocycles. The average molecular weight is 801 g/mol. The van der Waals surface area contributed by atoms with Gasteiger partial charge < -0.3 is 60.9 Å². The second-order valence-electron chi connectivity index (χ2n) is 13.1. The van der Waals surface area contributed by atoms with E-state index in [1.165, 1.54) is 13.3 Å². The lowest BCUT2D eigenvalue weighted by Gasteiger charge is -2.22. The fourth-order valence-corrected chi connectivity index (χ4v) is 5.19. The maximum atomic E-state index is 13.0. The molecule has 0 saturated carbocycles. The first kappa shape index (κ1) is 49.7. The fraction of sp³-hybridized carbons (Fsp3) is 0.722. The first-order valence-corrected chi connectivity index (χ1v) is 18.8. The molecule has 1 aromatic heterocycles. The quantitative estimate of drug-likeness (QED) is 0.0392. The topological polar surface area (TPSA) is 308 Å². The van der Waals surface area contributed by atoms with Crippen LogP contribution in [0, 0.1) is 5.92 Å². The molecule has 0 bridgehead atoms. The molecular formula is C36H60N6O14. The van der Waals surface area contributed by atoms with Gasteiger partial charge in [-0.05, 0) is 46.0 Å². The number of rotatable bonds is 35. The Bertz CT molecular complexity index is 1330. The number of hydrogen-bond donors (Lipinski definition) is 8. The fourth-order valence-electron chi connectivity index (χ4n) is 5.19. The van der Waals surface area contributed by atoms with Crippen molar-refractivity contribution in [3.8, 4) is 0 Å². The Labute approximate surface area is 326 Å². The van der Waals surface area contributed by atoms with Crippen LogP contribution in [0.25, 0.3) is 0 Å². The number of nitrogens with one attached hydrogen (secondary N) is 4. The number of hydrogen-bond acceptors (Lipinski definition) is 14. The molecule has 0 aromatic carbocycles. The minimum absolute atomic E-state index is 0.0154. The van der Waals surface area contributed by atoms with Crippen molar-refractivity contribution in [2.75, 3.05) is 59.4 Å². The lowest BCUT2D eigenvalue weighted by Crippen LogP contribution is -2.49. The van der Waals surface area contributed by atoms with E-state index in [0.717, 1.165) is 0 Å². The van der Waals surface area contributed by atoms with Crippen molar-refractivity contribution in [1.82, 2.24) is 25.9 Å². The lowest BCUT2D eigenvalue weighted by molar-refractivity contribution is -0.145. The molecule has 1 unspecified atom stereocenters. The number of H-pyrrole nitrogens is 1. The van der Waals surface area contributed by atoms with E-state index in [4.69, 9.17) is 24.7 Å². The number of amides is 3. The number of aromatic nitrogens is 2. The number of Topliss-reactive ketones (excluding diaryl/α,β-unsaturated/α-hetero) is 2. The number of aliphatic hydroxyl groups excluding tert-OH is 1. The van der Waals surface area contributed by atoms with Crippen LogP contribution in [0.3, 0.4) is 0 Å². The lowest BCUT2D eigenvalue weighted by atomic mass is 9.92. The minimum Gasteiger partial charge on any atom is -0.480 e. The van der Waals surface area contributed by atoms with E-state index < -0.39 is 66.4 Å². The molecule has 20 heteroatoms. The number of aliphatic hydroxyl groups is 1. The summed E-state index contributed by atoms with van der Waals surface area (Å²) < 4.78 is 20.9. The number of ketones is 2. The van der Waals surface area contributed by atoms with Crippen molar-refractivity contribution < 1.29 is 67.8 Å². The minimum atomic E-state index is -1.54. The number of carbonyl (C=O) groups is 7. The Kier molecular flexibility index (Phi) is 26.5. The highest BCUT2D eigenvalue weighted by Crippen LogP contribution is 2.17. The molecule has 0 spiro atoms. The van der Waals surface area contributed by atoms with E-state index in [0.29, 0.717) is 57.8 Å². The van der Waals surface area contributed by atoms with E-state index in [-0.39, 0.29) is 76.5 Å². The zero-order chi connectivity index (χ0) is 41.7. The Hall–Kier alpha value is -4.34. The summed E-state index contributed by atoms with van der Waals surface area (Å²) in [6, 6.07) is -3.72. The number of aromatic amines is 1. The molecule has 0 radical (unpaired) electrons. The van der Waals surface area contributed by atoms with Crippen LogP contribution in [-0.2, 0) is 58.9 Å². The largest absolute Gasteiger partial charge is 0.480 e. The molecule has 0 fully saturated rings. The van der Waals surface area contributed by atoms with Gasteiger partial charge >= 0.3 is 11.9 Å². The summed E-state index contributed by atoms with van der Waals surface area (Å²) in [6.07, 6.45) is 3.37. The summed E-state index contributed by atoms with van der Waals surface area (Å²) in [6.45, 7) is 4.80. The Morgan fingerprint density at radius 3 is 2.14 bits per heavy atom. The number of carbonyl (C=O) groups excluding carboxylic acids is 5. The molecule has 0 saturated heterocycles. The van der Waals surface area contributed by atoms with Crippen LogP contribution in [0.15, 0.2) is 12.5 Å². The van der Waals surface area contributed by atoms with E-state index in [9.17, 15) is 48.9 Å². The monoisotopic (exact) mass is 800 g/mol. The van der Waals surface area contributed by atoms with Crippen LogP contribution in [0.1, 0.15) is 77.3 Å². The van der Waals surface area contributed by atoms with Crippen molar-refractivity contribution in [2.45, 2.75) is 102 Å². The molecule has 9 N–H and O–H groups in total. The summed E-state index contributed by atoms with van der Waals surface area (Å²) in [5.41, 5.74) is 6.69. The van der Waals surface area contributed by atoms with Crippen LogP contribution in [-0.4, -0.2) is 150 Å². The Morgan fingerprint density at radius 2 is 1.50 bits per heavy atom. The highest BCUT2D eigenvalue weighted by atomic mass is 16.5. The average Bonchev–Trinajstić information content (AvgIpc) is 3.66. The van der Waals surface area contributed by atoms with Crippen molar-refractivity contribution in [3.05, 3.63) is 18.2 Å². The van der Waals surface area contributed by atoms with Gasteiger partial charge in [-0.25, -0.2) is 14.6 Å². The highest BCUT2D eigenvalue weighted by Gasteiger charge is 2.29. The smallest absolute Gasteiger partial charge is 0.328 e. The van der Waals surface area contributed by atoms with Crippen LogP contribution in [0.4, 0.5) is 0 Å². The first-order valence-electron chi connectivity index (χ1n) is 18.8. The number of ether oxygens (including phenoxy) is 4. The maximum Gasteiger partial charge on any atom is 0.328 e. The summed E-state index contributed by atoms with van der Waals surface area (Å²) in [4.78, 5) is 92.1. The summed E-state index contributed by atoms with van der Waals surface area (Å²) >= 11 is 0. The zero-order valence-corrected chi connectivity index (χ0v) is 32.3. The summed E-state index contributed by atoms with van der Waals surface area (Å²) in [5.74, 6) is -5.65. The first-order chi connectivity index (χ1) is 26.7. The molecule has 56 heavy (non-hydrogen) atoms. The van der Waals surface area contributed by atoms with Gasteiger partial charge in [0.25, 0.3) is 0 Å². The molecule has 0 aliphatic rings. The van der Waals surface area contributed by atoms with Gasteiger partial charge in [-0.15, -0.1) is 0 Å². The third kappa shape index (κ3) is 23.6. The standard InChI is InChI=1S/C36H60N6O14/c1-3-53-15-17-55-21-27(44)8-6-14-54-16-18-56-22-32(47)41-29(35(49)50)10-12-31(46)39-13-5-4-7-25(34(48)42-33(24(2)43)36(51)52)9-11-30(45)28(37)19-26-20-38-23-40-26/h20,23-25,28-29,33,43H,3-19,21-22,37H2,1-2H3,(H,38,40)(H,39,46)(H,41,47)(H,42,48)(H,49,50)(H,51,52)/t24-,25-,28+,29+,33?/m1/s1. The van der Waals surface area contributed by atoms with Crippen molar-refractivity contribution >= 4 is 41.2 Å².